The standard InChI is InChI=1S/C20H29NO5/c1-18(2)19(3,26-18)8-9-20(12-24-4)16(22)11-14-10-13(17(23)25-5)6-7-15(14)21-20/h6-7,10,16,21-22H,8-9,11-12H2,1-5H3/t16-,19?,20-/m1/s1. The summed E-state index contributed by atoms with van der Waals surface area (Å²) < 4.78 is 16.1. The molecule has 6 nitrogen and oxygen atoms in total. The zero-order valence-corrected chi connectivity index (χ0v) is 16.2. The third-order valence-electron chi connectivity index (χ3n) is 6.12. The Morgan fingerprint density at radius 3 is 2.58 bits per heavy atom. The highest BCUT2D eigenvalue weighted by molar-refractivity contribution is 5.90. The maximum Gasteiger partial charge on any atom is 0.337 e. The van der Waals surface area contributed by atoms with Crippen LogP contribution in [0.15, 0.2) is 18.2 Å². The smallest absolute Gasteiger partial charge is 0.337 e. The summed E-state index contributed by atoms with van der Waals surface area (Å²) in [5.41, 5.74) is 1.42. The first kappa shape index (κ1) is 19.1. The third kappa shape index (κ3) is 3.21. The van der Waals surface area contributed by atoms with Crippen LogP contribution in [0.2, 0.25) is 0 Å². The van der Waals surface area contributed by atoms with Crippen LogP contribution in [-0.2, 0) is 20.6 Å². The lowest BCUT2D eigenvalue weighted by Gasteiger charge is -2.44. The largest absolute Gasteiger partial charge is 0.465 e. The first-order valence-electron chi connectivity index (χ1n) is 9.03. The highest BCUT2D eigenvalue weighted by Gasteiger charge is 2.60. The summed E-state index contributed by atoms with van der Waals surface area (Å²) in [6.45, 7) is 6.68. The Hall–Kier alpha value is -1.63. The van der Waals surface area contributed by atoms with Gasteiger partial charge in [0.25, 0.3) is 0 Å². The Bertz CT molecular complexity index is 703. The van der Waals surface area contributed by atoms with Crippen LogP contribution < -0.4 is 5.32 Å². The molecule has 0 radical (unpaired) electrons. The number of aliphatic hydroxyl groups is 1. The van der Waals surface area contributed by atoms with E-state index < -0.39 is 11.6 Å². The van der Waals surface area contributed by atoms with Crippen molar-refractivity contribution in [1.29, 1.82) is 0 Å². The van der Waals surface area contributed by atoms with Crippen molar-refractivity contribution < 1.29 is 24.1 Å². The molecule has 2 aliphatic heterocycles. The van der Waals surface area contributed by atoms with Gasteiger partial charge in [-0.3, -0.25) is 0 Å². The van der Waals surface area contributed by atoms with Crippen LogP contribution in [-0.4, -0.2) is 54.7 Å². The van der Waals surface area contributed by atoms with Crippen LogP contribution in [0, 0.1) is 0 Å². The van der Waals surface area contributed by atoms with Crippen molar-refractivity contribution in [2.75, 3.05) is 26.1 Å². The number of fused-ring (bicyclic) bond motifs is 1. The normalized spacial score (nSPS) is 31.7. The van der Waals surface area contributed by atoms with Crippen LogP contribution in [0.25, 0.3) is 0 Å². The van der Waals surface area contributed by atoms with Gasteiger partial charge in [-0.05, 0) is 57.4 Å². The van der Waals surface area contributed by atoms with E-state index in [1.807, 2.05) is 6.07 Å². The second-order valence-corrected chi connectivity index (χ2v) is 8.14. The Morgan fingerprint density at radius 2 is 2.00 bits per heavy atom. The summed E-state index contributed by atoms with van der Waals surface area (Å²) in [6, 6.07) is 5.39. The molecule has 1 saturated heterocycles. The van der Waals surface area contributed by atoms with Gasteiger partial charge in [0.1, 0.15) is 0 Å². The number of carbonyl (C=O) groups is 1. The number of methoxy groups -OCH3 is 2. The molecule has 26 heavy (non-hydrogen) atoms. The van der Waals surface area contributed by atoms with E-state index in [2.05, 4.69) is 26.1 Å². The van der Waals surface area contributed by atoms with Crippen LogP contribution in [0.5, 0.6) is 0 Å². The summed E-state index contributed by atoms with van der Waals surface area (Å²) in [7, 11) is 3.01. The first-order valence-corrected chi connectivity index (χ1v) is 9.03. The zero-order valence-electron chi connectivity index (χ0n) is 16.2. The van der Waals surface area contributed by atoms with Crippen molar-refractivity contribution in [3.63, 3.8) is 0 Å². The van der Waals surface area contributed by atoms with Gasteiger partial charge in [0.05, 0.1) is 42.1 Å². The third-order valence-corrected chi connectivity index (χ3v) is 6.12. The van der Waals surface area contributed by atoms with Crippen LogP contribution >= 0.6 is 0 Å². The summed E-state index contributed by atoms with van der Waals surface area (Å²) in [6.07, 6.45) is 1.37. The second kappa shape index (κ2) is 6.51. The maximum absolute atomic E-state index is 11.8. The van der Waals surface area contributed by atoms with E-state index in [0.29, 0.717) is 18.6 Å². The van der Waals surface area contributed by atoms with E-state index in [-0.39, 0.29) is 17.2 Å². The Kier molecular flexibility index (Phi) is 4.80. The SMILES string of the molecule is COC[C@@]1(CCC2(C)OC2(C)C)Nc2ccc(C(=O)OC)cc2C[C@H]1O. The Balaban J connectivity index is 1.82. The van der Waals surface area contributed by atoms with Crippen molar-refractivity contribution in [2.24, 2.45) is 0 Å². The highest BCUT2D eigenvalue weighted by atomic mass is 16.6. The maximum atomic E-state index is 11.8. The van der Waals surface area contributed by atoms with E-state index in [1.54, 1.807) is 19.2 Å². The predicted octanol–water partition coefficient (Wildman–Crippen LogP) is 2.54. The summed E-state index contributed by atoms with van der Waals surface area (Å²) in [5, 5.41) is 14.4. The fraction of sp³-hybridized carbons (Fsp3) is 0.650. The average Bonchev–Trinajstić information content (AvgIpc) is 3.11. The van der Waals surface area contributed by atoms with Gasteiger partial charge in [0.2, 0.25) is 0 Å². The number of esters is 1. The number of epoxide rings is 1. The quantitative estimate of drug-likeness (QED) is 0.597. The number of ether oxygens (including phenoxy) is 3. The molecule has 0 spiro atoms. The number of aliphatic hydroxyl groups excluding tert-OH is 1. The molecule has 2 N–H and O–H groups in total. The van der Waals surface area contributed by atoms with Gasteiger partial charge >= 0.3 is 5.97 Å². The molecule has 2 heterocycles. The van der Waals surface area contributed by atoms with Crippen molar-refractivity contribution in [1.82, 2.24) is 0 Å². The number of hydrogen-bond donors (Lipinski definition) is 2. The number of nitrogens with one attached hydrogen (secondary N) is 1. The number of hydrogen-bond acceptors (Lipinski definition) is 6. The molecule has 0 bridgehead atoms. The summed E-state index contributed by atoms with van der Waals surface area (Å²) in [4.78, 5) is 11.8. The van der Waals surface area contributed by atoms with Gasteiger partial charge in [0, 0.05) is 19.2 Å². The van der Waals surface area contributed by atoms with E-state index in [0.717, 1.165) is 24.1 Å². The second-order valence-electron chi connectivity index (χ2n) is 8.14. The molecule has 3 atom stereocenters. The molecule has 0 aromatic heterocycles. The van der Waals surface area contributed by atoms with Crippen molar-refractivity contribution in [3.8, 4) is 0 Å². The molecule has 1 fully saturated rings. The van der Waals surface area contributed by atoms with Gasteiger partial charge in [-0.2, -0.15) is 0 Å². The van der Waals surface area contributed by atoms with Crippen LogP contribution in [0.4, 0.5) is 5.69 Å². The van der Waals surface area contributed by atoms with Gasteiger partial charge < -0.3 is 24.6 Å². The summed E-state index contributed by atoms with van der Waals surface area (Å²) in [5.74, 6) is -0.378. The number of rotatable bonds is 6. The predicted molar refractivity (Wildman–Crippen MR) is 98.5 cm³/mol. The minimum Gasteiger partial charge on any atom is -0.465 e. The Morgan fingerprint density at radius 1 is 1.31 bits per heavy atom. The molecule has 1 aromatic carbocycles. The van der Waals surface area contributed by atoms with E-state index in [9.17, 15) is 9.90 Å². The zero-order chi connectivity index (χ0) is 19.2. The van der Waals surface area contributed by atoms with Crippen molar-refractivity contribution in [3.05, 3.63) is 29.3 Å². The van der Waals surface area contributed by atoms with Gasteiger partial charge in [0.15, 0.2) is 0 Å². The van der Waals surface area contributed by atoms with Crippen LogP contribution in [0.3, 0.4) is 0 Å². The van der Waals surface area contributed by atoms with Gasteiger partial charge in [-0.15, -0.1) is 0 Å². The minimum absolute atomic E-state index is 0.131. The van der Waals surface area contributed by atoms with Crippen LogP contribution in [0.1, 0.15) is 49.5 Å². The molecule has 144 valence electrons. The monoisotopic (exact) mass is 363 g/mol. The molecule has 3 rings (SSSR count). The van der Waals surface area contributed by atoms with Gasteiger partial charge in [-0.25, -0.2) is 4.79 Å². The fourth-order valence-electron chi connectivity index (χ4n) is 3.93. The molecular weight excluding hydrogens is 334 g/mol. The van der Waals surface area contributed by atoms with Crippen molar-refractivity contribution >= 4 is 11.7 Å². The molecule has 1 unspecified atom stereocenters. The number of carbonyl (C=O) groups excluding carboxylic acids is 1. The fourth-order valence-corrected chi connectivity index (χ4v) is 3.93. The molecule has 0 saturated carbocycles. The van der Waals surface area contributed by atoms with Crippen molar-refractivity contribution in [2.45, 2.75) is 62.9 Å². The molecule has 1 aromatic rings. The minimum atomic E-state index is -0.631. The van der Waals surface area contributed by atoms with Gasteiger partial charge in [-0.1, -0.05) is 0 Å². The molecule has 2 aliphatic rings. The topological polar surface area (TPSA) is 80.3 Å². The lowest BCUT2D eigenvalue weighted by molar-refractivity contribution is 0.0251. The number of anilines is 1. The Labute approximate surface area is 154 Å². The first-order chi connectivity index (χ1) is 12.2. The molecular formula is C20H29NO5. The summed E-state index contributed by atoms with van der Waals surface area (Å²) >= 11 is 0. The lowest BCUT2D eigenvalue weighted by atomic mass is 9.77. The van der Waals surface area contributed by atoms with E-state index in [1.165, 1.54) is 7.11 Å². The molecule has 0 aliphatic carbocycles. The number of benzene rings is 1. The molecule has 0 amide bonds. The van der Waals surface area contributed by atoms with E-state index in [4.69, 9.17) is 14.2 Å². The lowest BCUT2D eigenvalue weighted by Crippen LogP contribution is -2.56. The highest BCUT2D eigenvalue weighted by Crippen LogP contribution is 2.51. The molecule has 6 heteroatoms. The average molecular weight is 363 g/mol. The van der Waals surface area contributed by atoms with E-state index >= 15 is 0 Å².